The molecule has 0 spiro atoms. The average Bonchev–Trinajstić information content (AvgIpc) is 2.28. The molecule has 3 heteroatoms. The molecule has 75 valence electrons. The molecule has 0 aromatic heterocycles. The van der Waals surface area contributed by atoms with Crippen LogP contribution in [0.3, 0.4) is 0 Å². The van der Waals surface area contributed by atoms with Crippen LogP contribution in [-0.4, -0.2) is 12.9 Å². The molecule has 1 radical (unpaired) electrons. The Morgan fingerprint density at radius 3 is 2.80 bits per heavy atom. The molecule has 0 atom stereocenters. The van der Waals surface area contributed by atoms with Crippen LogP contribution >= 0.6 is 15.9 Å². The zero-order valence-electron chi connectivity index (χ0n) is 7.87. The summed E-state index contributed by atoms with van der Waals surface area (Å²) in [6, 6.07) is 11.8. The second kappa shape index (κ2) is 4.45. The van der Waals surface area contributed by atoms with E-state index in [0.717, 1.165) is 15.2 Å². The van der Waals surface area contributed by atoms with E-state index in [1.807, 2.05) is 36.4 Å². The van der Waals surface area contributed by atoms with E-state index in [1.54, 1.807) is 6.29 Å². The van der Waals surface area contributed by atoms with Gasteiger partial charge in [-0.1, -0.05) is 30.3 Å². The summed E-state index contributed by atoms with van der Waals surface area (Å²) in [6.45, 7) is -0.0490. The normalized spacial score (nSPS) is 10.2. The highest BCUT2D eigenvalue weighted by atomic mass is 79.9. The molecule has 0 saturated heterocycles. The number of ether oxygens (including phenoxy) is 1. The molecule has 0 bridgehead atoms. The molecular formula is C12H8BrO2. The quantitative estimate of drug-likeness (QED) is 0.851. The lowest BCUT2D eigenvalue weighted by atomic mass is 10.1. The molecule has 0 amide bonds. The van der Waals surface area contributed by atoms with E-state index in [-0.39, 0.29) is 6.61 Å². The minimum absolute atomic E-state index is 0.0490. The van der Waals surface area contributed by atoms with Crippen molar-refractivity contribution in [3.63, 3.8) is 0 Å². The van der Waals surface area contributed by atoms with Crippen LogP contribution in [0, 0.1) is 0 Å². The molecule has 0 saturated carbocycles. The molecule has 0 heterocycles. The van der Waals surface area contributed by atoms with Gasteiger partial charge in [0, 0.05) is 5.39 Å². The fraction of sp³-hybridized carbons (Fsp3) is 0.0833. The molecule has 2 aromatic rings. The van der Waals surface area contributed by atoms with Gasteiger partial charge < -0.3 is 4.74 Å². The fourth-order valence-electron chi connectivity index (χ4n) is 1.46. The van der Waals surface area contributed by atoms with E-state index in [2.05, 4.69) is 15.9 Å². The first-order valence-electron chi connectivity index (χ1n) is 4.48. The van der Waals surface area contributed by atoms with Crippen molar-refractivity contribution < 1.29 is 9.53 Å². The largest absolute Gasteiger partial charge is 0.483 e. The molecule has 2 rings (SSSR count). The molecule has 0 N–H and O–H groups in total. The van der Waals surface area contributed by atoms with Crippen LogP contribution in [0.2, 0.25) is 0 Å². The van der Waals surface area contributed by atoms with Gasteiger partial charge in [-0.3, -0.25) is 4.79 Å². The maximum Gasteiger partial charge on any atom is 0.239 e. The molecule has 2 nitrogen and oxygen atoms in total. The summed E-state index contributed by atoms with van der Waals surface area (Å²) in [5.41, 5.74) is 0. The number of hydrogen-bond donors (Lipinski definition) is 0. The van der Waals surface area contributed by atoms with Gasteiger partial charge in [0.05, 0.1) is 4.47 Å². The second-order valence-corrected chi connectivity index (χ2v) is 3.88. The van der Waals surface area contributed by atoms with Crippen molar-refractivity contribution in [3.8, 4) is 5.75 Å². The van der Waals surface area contributed by atoms with Crippen molar-refractivity contribution in [2.24, 2.45) is 0 Å². The van der Waals surface area contributed by atoms with Crippen LogP contribution in [0.25, 0.3) is 10.8 Å². The summed E-state index contributed by atoms with van der Waals surface area (Å²) in [4.78, 5) is 10.2. The van der Waals surface area contributed by atoms with Gasteiger partial charge >= 0.3 is 0 Å². The van der Waals surface area contributed by atoms with Gasteiger partial charge in [-0.05, 0) is 27.4 Å². The highest BCUT2D eigenvalue weighted by Gasteiger charge is 2.06. The monoisotopic (exact) mass is 263 g/mol. The Labute approximate surface area is 96.0 Å². The molecule has 0 aliphatic carbocycles. The summed E-state index contributed by atoms with van der Waals surface area (Å²) >= 11 is 3.39. The fourth-order valence-corrected chi connectivity index (χ4v) is 1.92. The molecule has 0 aliphatic rings. The maximum atomic E-state index is 10.2. The number of benzene rings is 2. The zero-order valence-corrected chi connectivity index (χ0v) is 9.45. The maximum absolute atomic E-state index is 10.2. The van der Waals surface area contributed by atoms with Crippen molar-refractivity contribution in [2.75, 3.05) is 6.61 Å². The van der Waals surface area contributed by atoms with Crippen LogP contribution in [0.15, 0.2) is 40.9 Å². The lowest BCUT2D eigenvalue weighted by molar-refractivity contribution is 0.367. The predicted octanol–water partition coefficient (Wildman–Crippen LogP) is 3.09. The van der Waals surface area contributed by atoms with Crippen LogP contribution in [0.5, 0.6) is 5.75 Å². The molecule has 15 heavy (non-hydrogen) atoms. The number of carbonyl (C=O) groups excluding carboxylic acids is 1. The third kappa shape index (κ3) is 2.02. The van der Waals surface area contributed by atoms with Crippen LogP contribution < -0.4 is 4.74 Å². The molecule has 0 fully saturated rings. The summed E-state index contributed by atoms with van der Waals surface area (Å²) in [6.07, 6.45) is 1.72. The topological polar surface area (TPSA) is 26.3 Å². The Morgan fingerprint density at radius 2 is 2.00 bits per heavy atom. The number of fused-ring (bicyclic) bond motifs is 1. The summed E-state index contributed by atoms with van der Waals surface area (Å²) in [5.74, 6) is 0.691. The van der Waals surface area contributed by atoms with Crippen molar-refractivity contribution >= 4 is 33.0 Å². The van der Waals surface area contributed by atoms with Crippen molar-refractivity contribution in [3.05, 3.63) is 40.9 Å². The van der Waals surface area contributed by atoms with Gasteiger partial charge in [0.25, 0.3) is 0 Å². The summed E-state index contributed by atoms with van der Waals surface area (Å²) in [5, 5.41) is 2.07. The lowest BCUT2D eigenvalue weighted by Crippen LogP contribution is -1.98. The Morgan fingerprint density at radius 1 is 1.20 bits per heavy atom. The van der Waals surface area contributed by atoms with Gasteiger partial charge in [-0.2, -0.15) is 0 Å². The SMILES string of the molecule is O=[C]COc1c(Br)ccc2ccccc12. The highest BCUT2D eigenvalue weighted by molar-refractivity contribution is 9.10. The Balaban J connectivity index is 2.57. The molecular weight excluding hydrogens is 256 g/mol. The van der Waals surface area contributed by atoms with Crippen molar-refractivity contribution in [1.82, 2.24) is 0 Å². The summed E-state index contributed by atoms with van der Waals surface area (Å²) in [7, 11) is 0. The summed E-state index contributed by atoms with van der Waals surface area (Å²) < 4.78 is 6.17. The van der Waals surface area contributed by atoms with Gasteiger partial charge in [-0.15, -0.1) is 0 Å². The van der Waals surface area contributed by atoms with E-state index in [4.69, 9.17) is 4.74 Å². The predicted molar refractivity (Wildman–Crippen MR) is 62.8 cm³/mol. The van der Waals surface area contributed by atoms with Crippen molar-refractivity contribution in [1.29, 1.82) is 0 Å². The first-order valence-corrected chi connectivity index (χ1v) is 5.27. The number of hydrogen-bond acceptors (Lipinski definition) is 2. The minimum Gasteiger partial charge on any atom is -0.483 e. The van der Waals surface area contributed by atoms with E-state index < -0.39 is 0 Å². The minimum atomic E-state index is -0.0490. The smallest absolute Gasteiger partial charge is 0.239 e. The molecule has 0 aliphatic heterocycles. The molecule has 2 aromatic carbocycles. The van der Waals surface area contributed by atoms with E-state index in [9.17, 15) is 4.79 Å². The van der Waals surface area contributed by atoms with E-state index >= 15 is 0 Å². The van der Waals surface area contributed by atoms with Crippen molar-refractivity contribution in [2.45, 2.75) is 0 Å². The number of halogens is 1. The first kappa shape index (κ1) is 10.2. The standard InChI is InChI=1S/C12H8BrO2/c13-11-6-5-9-3-1-2-4-10(9)12(11)15-8-7-14/h1-6H,8H2. The highest BCUT2D eigenvalue weighted by Crippen LogP contribution is 2.33. The Kier molecular flexibility index (Phi) is 3.02. The zero-order chi connectivity index (χ0) is 10.7. The first-order chi connectivity index (χ1) is 7.33. The van der Waals surface area contributed by atoms with Gasteiger partial charge in [-0.25, -0.2) is 0 Å². The van der Waals surface area contributed by atoms with Crippen LogP contribution in [0.4, 0.5) is 0 Å². The number of rotatable bonds is 3. The van der Waals surface area contributed by atoms with Gasteiger partial charge in [0.1, 0.15) is 5.75 Å². The van der Waals surface area contributed by atoms with Gasteiger partial charge in [0.15, 0.2) is 6.61 Å². The Hall–Kier alpha value is -1.35. The third-order valence-electron chi connectivity index (χ3n) is 2.11. The van der Waals surface area contributed by atoms with Gasteiger partial charge in [0.2, 0.25) is 6.29 Å². The third-order valence-corrected chi connectivity index (χ3v) is 2.73. The Bertz CT molecular complexity index is 494. The second-order valence-electron chi connectivity index (χ2n) is 3.03. The average molecular weight is 264 g/mol. The van der Waals surface area contributed by atoms with E-state index in [0.29, 0.717) is 5.75 Å². The van der Waals surface area contributed by atoms with E-state index in [1.165, 1.54) is 0 Å². The van der Waals surface area contributed by atoms with Crippen LogP contribution in [0.1, 0.15) is 0 Å². The van der Waals surface area contributed by atoms with Crippen LogP contribution in [-0.2, 0) is 4.79 Å². The lowest BCUT2D eigenvalue weighted by Gasteiger charge is -2.08. The molecule has 0 unspecified atom stereocenters.